The van der Waals surface area contributed by atoms with Crippen molar-refractivity contribution < 1.29 is 23.5 Å². The van der Waals surface area contributed by atoms with Gasteiger partial charge in [0.15, 0.2) is 5.60 Å². The van der Waals surface area contributed by atoms with Crippen LogP contribution in [0.1, 0.15) is 46.0 Å². The lowest BCUT2D eigenvalue weighted by Crippen LogP contribution is -2.56. The molecule has 0 spiro atoms. The summed E-state index contributed by atoms with van der Waals surface area (Å²) in [5.41, 5.74) is 0.0608. The minimum Gasteiger partial charge on any atom is -0.445 e. The number of carbonyl (C=O) groups is 3. The summed E-state index contributed by atoms with van der Waals surface area (Å²) in [6.45, 7) is 2.45. The molecule has 2 aliphatic heterocycles. The first kappa shape index (κ1) is 20.1. The summed E-state index contributed by atoms with van der Waals surface area (Å²) in [5.74, 6) is -1.73. The van der Waals surface area contributed by atoms with Gasteiger partial charge in [0, 0.05) is 25.6 Å². The second-order valence-corrected chi connectivity index (χ2v) is 7.97. The Kier molecular flexibility index (Phi) is 5.28. The molecule has 1 atom stereocenters. The van der Waals surface area contributed by atoms with Crippen LogP contribution < -0.4 is 5.32 Å². The largest absolute Gasteiger partial charge is 0.445 e. The Morgan fingerprint density at radius 2 is 1.77 bits per heavy atom. The van der Waals surface area contributed by atoms with Crippen molar-refractivity contribution in [2.24, 2.45) is 0 Å². The fraction of sp³-hybridized carbons (Fsp3) is 0.348. The van der Waals surface area contributed by atoms with E-state index < -0.39 is 17.4 Å². The van der Waals surface area contributed by atoms with Crippen molar-refractivity contribution in [3.8, 4) is 0 Å². The van der Waals surface area contributed by atoms with Crippen molar-refractivity contribution in [3.63, 3.8) is 0 Å². The number of benzene rings is 2. The number of hydrogen-bond acceptors (Lipinski definition) is 4. The average Bonchev–Trinajstić information content (AvgIpc) is 2.74. The van der Waals surface area contributed by atoms with E-state index in [9.17, 15) is 18.8 Å². The fourth-order valence-corrected chi connectivity index (χ4v) is 4.03. The number of nitrogens with one attached hydrogen (secondary N) is 1. The van der Waals surface area contributed by atoms with E-state index in [1.165, 1.54) is 12.1 Å². The predicted molar refractivity (Wildman–Crippen MR) is 107 cm³/mol. The molecule has 1 unspecified atom stereocenters. The van der Waals surface area contributed by atoms with Crippen molar-refractivity contribution in [2.45, 2.75) is 37.8 Å². The van der Waals surface area contributed by atoms with Gasteiger partial charge >= 0.3 is 5.97 Å². The number of likely N-dealkylation sites (tertiary alicyclic amines) is 1. The van der Waals surface area contributed by atoms with Crippen LogP contribution in [0, 0.1) is 5.82 Å². The zero-order valence-electron chi connectivity index (χ0n) is 16.7. The van der Waals surface area contributed by atoms with Gasteiger partial charge in [-0.25, -0.2) is 9.18 Å². The maximum atomic E-state index is 13.9. The molecule has 7 heteroatoms. The van der Waals surface area contributed by atoms with Crippen LogP contribution >= 0.6 is 0 Å². The van der Waals surface area contributed by atoms with Gasteiger partial charge in [-0.15, -0.1) is 0 Å². The van der Waals surface area contributed by atoms with Gasteiger partial charge in [-0.1, -0.05) is 30.3 Å². The third-order valence-corrected chi connectivity index (χ3v) is 5.78. The van der Waals surface area contributed by atoms with Gasteiger partial charge in [0.05, 0.1) is 11.1 Å². The van der Waals surface area contributed by atoms with Crippen molar-refractivity contribution >= 4 is 17.8 Å². The predicted octanol–water partition coefficient (Wildman–Crippen LogP) is 2.72. The quantitative estimate of drug-likeness (QED) is 0.790. The number of rotatable bonds is 3. The van der Waals surface area contributed by atoms with E-state index in [1.807, 2.05) is 12.1 Å². The number of amides is 2. The number of piperidine rings is 1. The van der Waals surface area contributed by atoms with Gasteiger partial charge < -0.3 is 15.0 Å². The van der Waals surface area contributed by atoms with Gasteiger partial charge in [0.2, 0.25) is 0 Å². The number of esters is 1. The lowest BCUT2D eigenvalue weighted by molar-refractivity contribution is -0.140. The van der Waals surface area contributed by atoms with Crippen LogP contribution in [0.15, 0.2) is 48.5 Å². The maximum absolute atomic E-state index is 13.9. The van der Waals surface area contributed by atoms with Crippen molar-refractivity contribution in [3.05, 3.63) is 71.0 Å². The Morgan fingerprint density at radius 1 is 1.10 bits per heavy atom. The van der Waals surface area contributed by atoms with Gasteiger partial charge in [-0.3, -0.25) is 9.59 Å². The molecule has 4 rings (SSSR count). The second-order valence-electron chi connectivity index (χ2n) is 7.97. The van der Waals surface area contributed by atoms with Crippen molar-refractivity contribution in [2.75, 3.05) is 13.1 Å². The fourth-order valence-electron chi connectivity index (χ4n) is 4.03. The van der Waals surface area contributed by atoms with Crippen LogP contribution in [0.2, 0.25) is 0 Å². The number of hydrogen-bond donors (Lipinski definition) is 1. The zero-order chi connectivity index (χ0) is 21.3. The summed E-state index contributed by atoms with van der Waals surface area (Å²) in [4.78, 5) is 39.3. The van der Waals surface area contributed by atoms with Gasteiger partial charge in [0.1, 0.15) is 5.82 Å². The summed E-state index contributed by atoms with van der Waals surface area (Å²) < 4.78 is 19.4. The second kappa shape index (κ2) is 7.89. The number of carbonyl (C=O) groups excluding carboxylic acids is 3. The van der Waals surface area contributed by atoms with E-state index in [1.54, 1.807) is 36.1 Å². The number of fused-ring (bicyclic) bond motifs is 1. The molecule has 0 aliphatic carbocycles. The van der Waals surface area contributed by atoms with E-state index >= 15 is 0 Å². The average molecular weight is 410 g/mol. The third-order valence-electron chi connectivity index (χ3n) is 5.78. The Morgan fingerprint density at radius 3 is 2.50 bits per heavy atom. The summed E-state index contributed by atoms with van der Waals surface area (Å²) in [6, 6.07) is 12.9. The van der Waals surface area contributed by atoms with E-state index in [2.05, 4.69) is 5.32 Å². The summed E-state index contributed by atoms with van der Waals surface area (Å²) >= 11 is 0. The van der Waals surface area contributed by atoms with Crippen LogP contribution in [0.5, 0.6) is 0 Å². The first-order valence-corrected chi connectivity index (χ1v) is 10.0. The highest BCUT2D eigenvalue weighted by molar-refractivity contribution is 5.97. The van der Waals surface area contributed by atoms with Gasteiger partial charge in [-0.05, 0) is 43.5 Å². The highest BCUT2D eigenvalue weighted by Crippen LogP contribution is 2.29. The highest BCUT2D eigenvalue weighted by Gasteiger charge is 2.43. The molecule has 6 nitrogen and oxygen atoms in total. The molecule has 1 saturated heterocycles. The molecule has 1 N–H and O–H groups in total. The number of ether oxygens (including phenoxy) is 1. The van der Waals surface area contributed by atoms with Gasteiger partial charge in [-0.2, -0.15) is 0 Å². The molecule has 0 aromatic heterocycles. The highest BCUT2D eigenvalue weighted by atomic mass is 19.1. The minimum absolute atomic E-state index is 0.0558. The number of nitrogens with zero attached hydrogens (tertiary/aromatic N) is 1. The molecule has 2 aromatic rings. The molecule has 0 saturated carbocycles. The Labute approximate surface area is 174 Å². The normalized spacial score (nSPS) is 21.5. The van der Waals surface area contributed by atoms with Crippen molar-refractivity contribution in [1.82, 2.24) is 10.2 Å². The molecule has 2 aromatic carbocycles. The van der Waals surface area contributed by atoms with Crippen LogP contribution in [-0.4, -0.2) is 47.4 Å². The SMILES string of the molecule is CC1(C(=O)NC2CCN(C(=O)c3ccccc3F)CC2)Cc2ccccc2C(=O)O1. The molecule has 1 fully saturated rings. The standard InChI is InChI=1S/C23H23FN2O4/c1-23(14-15-6-2-3-7-17(15)21(28)30-23)22(29)25-16-10-12-26(13-11-16)20(27)18-8-4-5-9-19(18)24/h2-9,16H,10-14H2,1H3,(H,25,29). The molecule has 156 valence electrons. The monoisotopic (exact) mass is 410 g/mol. The lowest BCUT2D eigenvalue weighted by atomic mass is 9.89. The lowest BCUT2D eigenvalue weighted by Gasteiger charge is -2.37. The van der Waals surface area contributed by atoms with E-state index in [0.29, 0.717) is 37.9 Å². The number of halogens is 1. The van der Waals surface area contributed by atoms with Crippen LogP contribution in [-0.2, 0) is 16.0 Å². The molecule has 2 aliphatic rings. The molecule has 0 radical (unpaired) electrons. The minimum atomic E-state index is -1.27. The molecule has 0 bridgehead atoms. The Hall–Kier alpha value is -3.22. The van der Waals surface area contributed by atoms with E-state index in [4.69, 9.17) is 4.74 Å². The molecule has 2 amide bonds. The van der Waals surface area contributed by atoms with Gasteiger partial charge in [0.25, 0.3) is 11.8 Å². The van der Waals surface area contributed by atoms with Crippen LogP contribution in [0.25, 0.3) is 0 Å². The van der Waals surface area contributed by atoms with E-state index in [0.717, 1.165) is 5.56 Å². The van der Waals surface area contributed by atoms with E-state index in [-0.39, 0.29) is 23.4 Å². The smallest absolute Gasteiger partial charge is 0.339 e. The first-order valence-electron chi connectivity index (χ1n) is 10.0. The number of cyclic esters (lactones) is 1. The third kappa shape index (κ3) is 3.79. The molecular formula is C23H23FN2O4. The summed E-state index contributed by atoms with van der Waals surface area (Å²) in [6.07, 6.45) is 1.41. The Bertz CT molecular complexity index is 1000. The summed E-state index contributed by atoms with van der Waals surface area (Å²) in [7, 11) is 0. The molecule has 30 heavy (non-hydrogen) atoms. The van der Waals surface area contributed by atoms with Crippen molar-refractivity contribution in [1.29, 1.82) is 0 Å². The first-order chi connectivity index (χ1) is 14.4. The maximum Gasteiger partial charge on any atom is 0.339 e. The Balaban J connectivity index is 1.36. The topological polar surface area (TPSA) is 75.7 Å². The summed E-state index contributed by atoms with van der Waals surface area (Å²) in [5, 5.41) is 2.96. The molecule has 2 heterocycles. The molecular weight excluding hydrogens is 387 g/mol. The zero-order valence-corrected chi connectivity index (χ0v) is 16.7. The van der Waals surface area contributed by atoms with Crippen LogP contribution in [0.4, 0.5) is 4.39 Å². The van der Waals surface area contributed by atoms with Crippen LogP contribution in [0.3, 0.4) is 0 Å².